The molecule has 104 valence electrons. The molecule has 1 saturated heterocycles. The zero-order chi connectivity index (χ0) is 14.5. The highest BCUT2D eigenvalue weighted by Crippen LogP contribution is 2.36. The summed E-state index contributed by atoms with van der Waals surface area (Å²) < 4.78 is 25.1. The van der Waals surface area contributed by atoms with E-state index < -0.39 is 7.12 Å². The van der Waals surface area contributed by atoms with E-state index in [1.165, 1.54) is 12.3 Å². The average Bonchev–Trinajstić information content (AvgIpc) is 2.58. The topological polar surface area (TPSA) is 31.4 Å². The lowest BCUT2D eigenvalue weighted by molar-refractivity contribution is 0.00578. The molecular formula is C15H17BFNO2. The van der Waals surface area contributed by atoms with Crippen molar-refractivity contribution in [2.45, 2.75) is 38.9 Å². The Morgan fingerprint density at radius 3 is 2.35 bits per heavy atom. The van der Waals surface area contributed by atoms with Crippen molar-refractivity contribution >= 4 is 23.5 Å². The van der Waals surface area contributed by atoms with E-state index in [1.54, 1.807) is 0 Å². The number of pyridine rings is 1. The fraction of sp³-hybridized carbons (Fsp3) is 0.400. The molecular weight excluding hydrogens is 256 g/mol. The Balaban J connectivity index is 1.98. The van der Waals surface area contributed by atoms with Crippen molar-refractivity contribution in [1.82, 2.24) is 4.98 Å². The molecule has 0 unspecified atom stereocenters. The fourth-order valence-corrected chi connectivity index (χ4v) is 2.24. The predicted octanol–water partition coefficient (Wildman–Crippen LogP) is 2.67. The SMILES string of the molecule is CC1(C)OB(c2ccc3cc(F)cnc3c2)OC1(C)C. The lowest BCUT2D eigenvalue weighted by Gasteiger charge is -2.32. The predicted molar refractivity (Wildman–Crippen MR) is 77.4 cm³/mol. The van der Waals surface area contributed by atoms with E-state index in [0.717, 1.165) is 16.4 Å². The molecule has 3 nitrogen and oxygen atoms in total. The van der Waals surface area contributed by atoms with Gasteiger partial charge >= 0.3 is 7.12 Å². The lowest BCUT2D eigenvalue weighted by atomic mass is 9.79. The van der Waals surface area contributed by atoms with Crippen LogP contribution in [0.2, 0.25) is 0 Å². The van der Waals surface area contributed by atoms with Gasteiger partial charge in [-0.25, -0.2) is 4.39 Å². The smallest absolute Gasteiger partial charge is 0.399 e. The van der Waals surface area contributed by atoms with Crippen molar-refractivity contribution in [2.75, 3.05) is 0 Å². The molecule has 3 rings (SSSR count). The van der Waals surface area contributed by atoms with Crippen LogP contribution in [0.1, 0.15) is 27.7 Å². The van der Waals surface area contributed by atoms with Crippen molar-refractivity contribution < 1.29 is 13.7 Å². The van der Waals surface area contributed by atoms with Crippen LogP contribution in [0.15, 0.2) is 30.5 Å². The molecule has 1 aromatic carbocycles. The highest BCUT2D eigenvalue weighted by molar-refractivity contribution is 6.62. The minimum Gasteiger partial charge on any atom is -0.399 e. The molecule has 20 heavy (non-hydrogen) atoms. The zero-order valence-electron chi connectivity index (χ0n) is 12.1. The van der Waals surface area contributed by atoms with Crippen molar-refractivity contribution in [2.24, 2.45) is 0 Å². The fourth-order valence-electron chi connectivity index (χ4n) is 2.24. The van der Waals surface area contributed by atoms with Gasteiger partial charge in [-0.1, -0.05) is 12.1 Å². The molecule has 0 saturated carbocycles. The van der Waals surface area contributed by atoms with E-state index >= 15 is 0 Å². The summed E-state index contributed by atoms with van der Waals surface area (Å²) in [5.41, 5.74) is 0.889. The van der Waals surface area contributed by atoms with Gasteiger partial charge in [-0.2, -0.15) is 0 Å². The summed E-state index contributed by atoms with van der Waals surface area (Å²) in [6.45, 7) is 8.06. The van der Waals surface area contributed by atoms with Gasteiger partial charge in [0.1, 0.15) is 5.82 Å². The Morgan fingerprint density at radius 2 is 1.70 bits per heavy atom. The van der Waals surface area contributed by atoms with Crippen LogP contribution in [-0.4, -0.2) is 23.3 Å². The van der Waals surface area contributed by atoms with Gasteiger partial charge in [0.25, 0.3) is 0 Å². The van der Waals surface area contributed by atoms with Crippen LogP contribution in [0.5, 0.6) is 0 Å². The minimum atomic E-state index is -0.420. The molecule has 2 heterocycles. The summed E-state index contributed by atoms with van der Waals surface area (Å²) in [6, 6.07) is 7.09. The molecule has 1 fully saturated rings. The first-order chi connectivity index (χ1) is 9.28. The first-order valence-electron chi connectivity index (χ1n) is 6.69. The molecule has 0 atom stereocenters. The standard InChI is InChI=1S/C15H17BFNO2/c1-14(2)15(3,4)20-16(19-14)11-6-5-10-7-12(17)9-18-13(10)8-11/h5-9H,1-4H3. The number of hydrogen-bond acceptors (Lipinski definition) is 3. The van der Waals surface area contributed by atoms with Crippen molar-refractivity contribution in [1.29, 1.82) is 0 Å². The molecule has 0 N–H and O–H groups in total. The van der Waals surface area contributed by atoms with E-state index in [0.29, 0.717) is 0 Å². The van der Waals surface area contributed by atoms with Crippen molar-refractivity contribution in [3.8, 4) is 0 Å². The van der Waals surface area contributed by atoms with Crippen LogP contribution in [0, 0.1) is 5.82 Å². The molecule has 1 aromatic heterocycles. The van der Waals surface area contributed by atoms with E-state index in [2.05, 4.69) is 4.98 Å². The number of aromatic nitrogens is 1. The van der Waals surface area contributed by atoms with Crippen LogP contribution >= 0.6 is 0 Å². The van der Waals surface area contributed by atoms with Crippen LogP contribution in [0.4, 0.5) is 4.39 Å². The summed E-state index contributed by atoms with van der Waals surface area (Å²) in [4.78, 5) is 4.10. The van der Waals surface area contributed by atoms with Crippen LogP contribution < -0.4 is 5.46 Å². The Morgan fingerprint density at radius 1 is 1.05 bits per heavy atom. The molecule has 1 aliphatic rings. The second-order valence-corrected chi connectivity index (χ2v) is 6.19. The van der Waals surface area contributed by atoms with E-state index in [4.69, 9.17) is 9.31 Å². The molecule has 0 aliphatic carbocycles. The normalized spacial score (nSPS) is 20.6. The Bertz CT molecular complexity index is 656. The van der Waals surface area contributed by atoms with Gasteiger partial charge in [0.2, 0.25) is 0 Å². The third-order valence-electron chi connectivity index (χ3n) is 4.20. The Hall–Kier alpha value is -1.46. The van der Waals surface area contributed by atoms with Crippen LogP contribution in [0.3, 0.4) is 0 Å². The second-order valence-electron chi connectivity index (χ2n) is 6.19. The summed E-state index contributed by atoms with van der Waals surface area (Å²) in [6.07, 6.45) is 1.22. The maximum atomic E-state index is 13.1. The van der Waals surface area contributed by atoms with Crippen LogP contribution in [-0.2, 0) is 9.31 Å². The first kappa shape index (κ1) is 13.5. The number of rotatable bonds is 1. The lowest BCUT2D eigenvalue weighted by Crippen LogP contribution is -2.41. The number of fused-ring (bicyclic) bond motifs is 1. The van der Waals surface area contributed by atoms with E-state index in [-0.39, 0.29) is 17.0 Å². The quantitative estimate of drug-likeness (QED) is 0.748. The van der Waals surface area contributed by atoms with Gasteiger partial charge in [-0.15, -0.1) is 0 Å². The number of halogens is 1. The van der Waals surface area contributed by atoms with Crippen molar-refractivity contribution in [3.63, 3.8) is 0 Å². The highest BCUT2D eigenvalue weighted by atomic mass is 19.1. The average molecular weight is 273 g/mol. The third kappa shape index (κ3) is 2.11. The maximum absolute atomic E-state index is 13.1. The van der Waals surface area contributed by atoms with Crippen molar-refractivity contribution in [3.05, 3.63) is 36.3 Å². The largest absolute Gasteiger partial charge is 0.494 e. The number of benzene rings is 1. The summed E-state index contributed by atoms with van der Waals surface area (Å²) in [7, 11) is -0.420. The monoisotopic (exact) mass is 273 g/mol. The van der Waals surface area contributed by atoms with Gasteiger partial charge in [0.15, 0.2) is 0 Å². The first-order valence-corrected chi connectivity index (χ1v) is 6.69. The van der Waals surface area contributed by atoms with Gasteiger partial charge < -0.3 is 9.31 Å². The van der Waals surface area contributed by atoms with Gasteiger partial charge in [0.05, 0.1) is 22.9 Å². The maximum Gasteiger partial charge on any atom is 0.494 e. The summed E-state index contributed by atoms with van der Waals surface area (Å²) in [5, 5.41) is 0.769. The number of nitrogens with zero attached hydrogens (tertiary/aromatic N) is 1. The summed E-state index contributed by atoms with van der Waals surface area (Å²) in [5.74, 6) is -0.333. The van der Waals surface area contributed by atoms with Gasteiger partial charge in [-0.3, -0.25) is 4.98 Å². The highest BCUT2D eigenvalue weighted by Gasteiger charge is 2.51. The van der Waals surface area contributed by atoms with Gasteiger partial charge in [-0.05, 0) is 45.3 Å². The van der Waals surface area contributed by atoms with Gasteiger partial charge in [0, 0.05) is 5.39 Å². The molecule has 2 aromatic rings. The molecule has 0 bridgehead atoms. The third-order valence-corrected chi connectivity index (χ3v) is 4.20. The second kappa shape index (κ2) is 4.27. The zero-order valence-corrected chi connectivity index (χ0v) is 12.1. The summed E-state index contributed by atoms with van der Waals surface area (Å²) >= 11 is 0. The Labute approximate surface area is 118 Å². The minimum absolute atomic E-state index is 0.333. The van der Waals surface area contributed by atoms with E-state index in [1.807, 2.05) is 45.9 Å². The molecule has 0 radical (unpaired) electrons. The molecule has 5 heteroatoms. The van der Waals surface area contributed by atoms with Crippen LogP contribution in [0.25, 0.3) is 10.9 Å². The molecule has 1 aliphatic heterocycles. The molecule has 0 amide bonds. The number of hydrogen-bond donors (Lipinski definition) is 0. The molecule has 0 spiro atoms. The van der Waals surface area contributed by atoms with E-state index in [9.17, 15) is 4.39 Å². The Kier molecular flexibility index (Phi) is 2.89.